The molecular formula is C19H25N7O10P2. The number of phosphoric ester groups is 1. The lowest BCUT2D eigenvalue weighted by molar-refractivity contribution is -0.0501. The molecule has 6 atom stereocenters. The Morgan fingerprint density at radius 2 is 1.84 bits per heavy atom. The molecule has 3 aromatic rings. The molecule has 1 aliphatic heterocycles. The van der Waals surface area contributed by atoms with Crippen LogP contribution in [0.15, 0.2) is 43.0 Å². The second kappa shape index (κ2) is 11.5. The van der Waals surface area contributed by atoms with Gasteiger partial charge in [-0.25, -0.2) is 28.6 Å². The van der Waals surface area contributed by atoms with Crippen LogP contribution in [0.3, 0.4) is 0 Å². The normalized spacial score (nSPS) is 24.6. The summed E-state index contributed by atoms with van der Waals surface area (Å²) in [6.45, 7) is -0.768. The highest BCUT2D eigenvalue weighted by Crippen LogP contribution is 2.59. The Morgan fingerprint density at radius 3 is 2.55 bits per heavy atom. The van der Waals surface area contributed by atoms with Crippen LogP contribution < -0.4 is 16.0 Å². The summed E-state index contributed by atoms with van der Waals surface area (Å²) in [6.07, 6.45) is -3.97. The van der Waals surface area contributed by atoms with E-state index in [0.717, 1.165) is 6.33 Å². The second-order valence-electron chi connectivity index (χ2n) is 8.03. The standard InChI is InChI=1S/C19H25N7O10P2/c1-20-10-37(30,31)36-38(32,33)34-7-12-14(27)15(28)18(35-12)26-9-23-13-16(21-8-22-17(13)26)25-19(29)24-11-5-3-2-4-6-11/h2-6,8-9,12,14-15,18,20,27-28H,7,10H2,1H3,(H,30,31)(H,32,33)(H2,21,22,24,25,29)/t12-,14?,15+,18-/m1/s1. The minimum atomic E-state index is -5.02. The number of ether oxygens (including phenoxy) is 1. The van der Waals surface area contributed by atoms with E-state index in [4.69, 9.17) is 9.26 Å². The minimum Gasteiger partial charge on any atom is -0.387 e. The Balaban J connectivity index is 1.45. The number of fused-ring (bicyclic) bond motifs is 1. The molecule has 1 saturated heterocycles. The van der Waals surface area contributed by atoms with Gasteiger partial charge < -0.3 is 35.4 Å². The average molecular weight is 573 g/mol. The Hall–Kier alpha value is -2.82. The number of hydrogen-bond donors (Lipinski definition) is 7. The number of aliphatic hydroxyl groups is 2. The lowest BCUT2D eigenvalue weighted by Crippen LogP contribution is -2.33. The van der Waals surface area contributed by atoms with Crippen molar-refractivity contribution in [3.05, 3.63) is 43.0 Å². The van der Waals surface area contributed by atoms with Crippen LogP contribution in [-0.4, -0.2) is 83.8 Å². The molecule has 4 rings (SSSR count). The number of aromatic nitrogens is 4. The highest BCUT2D eigenvalue weighted by Gasteiger charge is 2.46. The third kappa shape index (κ3) is 6.59. The predicted molar refractivity (Wildman–Crippen MR) is 131 cm³/mol. The Morgan fingerprint density at radius 1 is 1.11 bits per heavy atom. The van der Waals surface area contributed by atoms with Gasteiger partial charge in [-0.2, -0.15) is 0 Å². The summed E-state index contributed by atoms with van der Waals surface area (Å²) in [5, 5.41) is 28.5. The fourth-order valence-corrected chi connectivity index (χ4v) is 6.04. The zero-order valence-corrected chi connectivity index (χ0v) is 21.5. The molecule has 2 aromatic heterocycles. The molecule has 0 spiro atoms. The lowest BCUT2D eigenvalue weighted by Gasteiger charge is -2.19. The second-order valence-corrected chi connectivity index (χ2v) is 11.5. The average Bonchev–Trinajstić information content (AvgIpc) is 3.39. The van der Waals surface area contributed by atoms with E-state index in [1.807, 2.05) is 0 Å². The predicted octanol–water partition coefficient (Wildman–Crippen LogP) is 0.585. The molecule has 3 heterocycles. The van der Waals surface area contributed by atoms with E-state index in [1.54, 1.807) is 30.3 Å². The summed E-state index contributed by atoms with van der Waals surface area (Å²) in [7, 11) is -8.16. The van der Waals surface area contributed by atoms with Crippen LogP contribution in [-0.2, 0) is 22.7 Å². The van der Waals surface area contributed by atoms with Gasteiger partial charge in [0.1, 0.15) is 24.6 Å². The van der Waals surface area contributed by atoms with Crippen molar-refractivity contribution in [2.75, 3.05) is 30.6 Å². The largest absolute Gasteiger partial charge is 0.479 e. The first-order valence-electron chi connectivity index (χ1n) is 11.0. The maximum absolute atomic E-state index is 12.4. The summed E-state index contributed by atoms with van der Waals surface area (Å²) in [6, 6.07) is 8.10. The number of phosphoric acid groups is 1. The molecule has 1 aliphatic rings. The number of carbonyl (C=O) groups is 1. The number of benzene rings is 1. The zero-order chi connectivity index (χ0) is 27.5. The van der Waals surface area contributed by atoms with Gasteiger partial charge in [-0.15, -0.1) is 0 Å². The molecule has 0 aliphatic carbocycles. The molecule has 17 nitrogen and oxygen atoms in total. The van der Waals surface area contributed by atoms with Gasteiger partial charge in [-0.3, -0.25) is 19.0 Å². The van der Waals surface area contributed by atoms with Gasteiger partial charge in [0.25, 0.3) is 0 Å². The van der Waals surface area contributed by atoms with Crippen LogP contribution in [0.1, 0.15) is 6.23 Å². The summed E-state index contributed by atoms with van der Waals surface area (Å²) in [5.41, 5.74) is 0.835. The number of carbonyl (C=O) groups excluding carboxylic acids is 1. The van der Waals surface area contributed by atoms with Crippen LogP contribution >= 0.6 is 15.4 Å². The quantitative estimate of drug-likeness (QED) is 0.164. The summed E-state index contributed by atoms with van der Waals surface area (Å²) < 4.78 is 39.7. The van der Waals surface area contributed by atoms with Crippen molar-refractivity contribution in [3.8, 4) is 0 Å². The molecule has 3 unspecified atom stereocenters. The van der Waals surface area contributed by atoms with Crippen molar-refractivity contribution < 1.29 is 47.5 Å². The van der Waals surface area contributed by atoms with Gasteiger partial charge >= 0.3 is 21.4 Å². The number of anilines is 2. The molecule has 1 fully saturated rings. The van der Waals surface area contributed by atoms with Crippen LogP contribution in [0, 0.1) is 0 Å². The molecule has 0 saturated carbocycles. The number of imidazole rings is 1. The first kappa shape index (κ1) is 28.2. The highest BCUT2D eigenvalue weighted by molar-refractivity contribution is 7.63. The van der Waals surface area contributed by atoms with Gasteiger partial charge in [0.05, 0.1) is 19.2 Å². The Bertz CT molecular complexity index is 1380. The van der Waals surface area contributed by atoms with Crippen LogP contribution in [0.5, 0.6) is 0 Å². The van der Waals surface area contributed by atoms with Crippen LogP contribution in [0.2, 0.25) is 0 Å². The first-order chi connectivity index (χ1) is 18.0. The molecule has 2 amide bonds. The number of para-hydroxylation sites is 1. The van der Waals surface area contributed by atoms with Gasteiger partial charge in [-0.1, -0.05) is 18.2 Å². The van der Waals surface area contributed by atoms with Crippen molar-refractivity contribution in [1.29, 1.82) is 0 Å². The van der Waals surface area contributed by atoms with Crippen LogP contribution in [0.4, 0.5) is 16.3 Å². The van der Waals surface area contributed by atoms with Gasteiger partial charge in [0, 0.05) is 5.69 Å². The number of nitrogens with one attached hydrogen (secondary N) is 3. The lowest BCUT2D eigenvalue weighted by atomic mass is 10.1. The third-order valence-electron chi connectivity index (χ3n) is 5.22. The minimum absolute atomic E-state index is 0.0588. The SMILES string of the molecule is CNCP(=O)(O)OP(=O)(O)OC[C@H]1O[C@@H](n2cnc3c(NC(=O)Nc4ccccc4)ncnc32)[C@@H](O)C1O. The van der Waals surface area contributed by atoms with E-state index in [-0.39, 0.29) is 17.0 Å². The van der Waals surface area contributed by atoms with Crippen molar-refractivity contribution in [3.63, 3.8) is 0 Å². The fourth-order valence-electron chi connectivity index (χ4n) is 3.60. The monoisotopic (exact) mass is 573 g/mol. The van der Waals surface area contributed by atoms with Gasteiger partial charge in [0.15, 0.2) is 23.2 Å². The van der Waals surface area contributed by atoms with E-state index in [2.05, 4.69) is 35.2 Å². The van der Waals surface area contributed by atoms with E-state index in [0.29, 0.717) is 5.69 Å². The number of amides is 2. The van der Waals surface area contributed by atoms with E-state index in [9.17, 15) is 33.9 Å². The molecule has 7 N–H and O–H groups in total. The number of urea groups is 1. The first-order valence-corrected chi connectivity index (χ1v) is 14.2. The zero-order valence-electron chi connectivity index (χ0n) is 19.7. The number of hydrogen-bond acceptors (Lipinski definition) is 12. The summed E-state index contributed by atoms with van der Waals surface area (Å²) in [4.78, 5) is 44.0. The van der Waals surface area contributed by atoms with Crippen molar-refractivity contribution in [2.45, 2.75) is 24.5 Å². The topological polar surface area (TPSA) is 240 Å². The van der Waals surface area contributed by atoms with E-state index < -0.39 is 58.9 Å². The summed E-state index contributed by atoms with van der Waals surface area (Å²) >= 11 is 0. The van der Waals surface area contributed by atoms with Crippen molar-refractivity contribution in [2.24, 2.45) is 0 Å². The smallest absolute Gasteiger partial charge is 0.387 e. The summed E-state index contributed by atoms with van der Waals surface area (Å²) in [5.74, 6) is 0.0588. The van der Waals surface area contributed by atoms with Crippen molar-refractivity contribution >= 4 is 44.1 Å². The number of aliphatic hydroxyl groups excluding tert-OH is 2. The molecule has 19 heteroatoms. The number of nitrogens with zero attached hydrogens (tertiary/aromatic N) is 4. The highest BCUT2D eigenvalue weighted by atomic mass is 31.3. The van der Waals surface area contributed by atoms with E-state index in [1.165, 1.54) is 17.9 Å². The molecule has 0 radical (unpaired) electrons. The van der Waals surface area contributed by atoms with Gasteiger partial charge in [0.2, 0.25) is 0 Å². The maximum Gasteiger partial charge on any atom is 0.479 e. The molecule has 1 aromatic carbocycles. The fraction of sp³-hybridized carbons (Fsp3) is 0.368. The molecule has 38 heavy (non-hydrogen) atoms. The van der Waals surface area contributed by atoms with Crippen molar-refractivity contribution in [1.82, 2.24) is 24.8 Å². The Labute approximate surface area is 215 Å². The van der Waals surface area contributed by atoms with Gasteiger partial charge in [-0.05, 0) is 19.2 Å². The molecule has 206 valence electrons. The number of rotatable bonds is 10. The van der Waals surface area contributed by atoms with E-state index >= 15 is 0 Å². The third-order valence-corrected chi connectivity index (χ3v) is 8.26. The van der Waals surface area contributed by atoms with Crippen LogP contribution in [0.25, 0.3) is 11.2 Å². The Kier molecular flexibility index (Phi) is 8.54. The molecular weight excluding hydrogens is 548 g/mol. The maximum atomic E-state index is 12.4. The molecule has 0 bridgehead atoms.